The lowest BCUT2D eigenvalue weighted by molar-refractivity contribution is 0.473. The van der Waals surface area contributed by atoms with Crippen molar-refractivity contribution in [1.29, 1.82) is 0 Å². The summed E-state index contributed by atoms with van der Waals surface area (Å²) in [4.78, 5) is 0. The molecule has 1 heterocycles. The molecule has 0 fully saturated rings. The Bertz CT molecular complexity index is 356. The summed E-state index contributed by atoms with van der Waals surface area (Å²) in [5.74, 6) is 0.137. The van der Waals surface area contributed by atoms with Gasteiger partial charge in [0.05, 0.1) is 7.05 Å². The summed E-state index contributed by atoms with van der Waals surface area (Å²) < 4.78 is -0.538. The van der Waals surface area contributed by atoms with E-state index in [0.29, 0.717) is 5.69 Å². The van der Waals surface area contributed by atoms with E-state index in [1.54, 1.807) is 24.4 Å². The Morgan fingerprint density at radius 3 is 2.92 bits per heavy atom. The molecule has 0 amide bonds. The third-order valence-corrected chi connectivity index (χ3v) is 2.03. The second-order valence-electron chi connectivity index (χ2n) is 3.05. The Hall–Kier alpha value is -1.32. The number of phenols is 1. The van der Waals surface area contributed by atoms with Crippen LogP contribution in [0.2, 0.25) is 0 Å². The van der Waals surface area contributed by atoms with E-state index in [1.165, 1.54) is 13.1 Å². The molecule has 1 aliphatic heterocycles. The lowest BCUT2D eigenvalue weighted by atomic mass is 10.2. The minimum absolute atomic E-state index is 0.137. The van der Waals surface area contributed by atoms with E-state index < -0.39 is 4.65 Å². The molecule has 0 radical (unpaired) electrons. The van der Waals surface area contributed by atoms with Crippen molar-refractivity contribution in [2.45, 2.75) is 0 Å². The predicted molar refractivity (Wildman–Crippen MR) is 48.2 cm³/mol. The maximum atomic E-state index is 11.6. The first-order valence-electron chi connectivity index (χ1n) is 3.70. The highest BCUT2D eigenvalue weighted by atomic mass is 16.5. The van der Waals surface area contributed by atoms with Crippen molar-refractivity contribution in [3.63, 3.8) is 0 Å². The lowest BCUT2D eigenvalue weighted by Gasteiger charge is -2.30. The van der Waals surface area contributed by atoms with Crippen molar-refractivity contribution in [1.82, 2.24) is 4.65 Å². The van der Waals surface area contributed by atoms with Crippen LogP contribution in [0.25, 0.3) is 6.08 Å². The van der Waals surface area contributed by atoms with Crippen LogP contribution in [0.4, 0.5) is 5.69 Å². The maximum absolute atomic E-state index is 11.6. The number of rotatable bonds is 0. The molecule has 1 aromatic carbocycles. The molecule has 3 heteroatoms. The number of benzene rings is 1. The molecule has 0 aliphatic carbocycles. The van der Waals surface area contributed by atoms with Crippen molar-refractivity contribution in [2.24, 2.45) is 0 Å². The molecule has 3 nitrogen and oxygen atoms in total. The minimum Gasteiger partial charge on any atom is -0.622 e. The molecule has 62 valence electrons. The van der Waals surface area contributed by atoms with Crippen molar-refractivity contribution in [3.8, 4) is 5.75 Å². The number of hydrogen-bond acceptors (Lipinski definition) is 2. The quantitative estimate of drug-likeness (QED) is 0.468. The molecule has 1 aromatic rings. The standard InChI is InChI=1S/C9H9NO2/c1-10(12)5-4-7-2-3-8(11)6-9(7)10/h2-6,11H,1H3. The van der Waals surface area contributed by atoms with E-state index in [2.05, 4.69) is 0 Å². The van der Waals surface area contributed by atoms with Crippen molar-refractivity contribution >= 4 is 11.8 Å². The van der Waals surface area contributed by atoms with Crippen LogP contribution in [0, 0.1) is 5.21 Å². The average molecular weight is 163 g/mol. The summed E-state index contributed by atoms with van der Waals surface area (Å²) in [6.45, 7) is 0. The molecule has 0 saturated carbocycles. The molecule has 0 saturated heterocycles. The zero-order chi connectivity index (χ0) is 8.77. The van der Waals surface area contributed by atoms with Crippen molar-refractivity contribution in [3.05, 3.63) is 35.2 Å². The molecule has 0 bridgehead atoms. The SMILES string of the molecule is C[N+]1([O-])C=Cc2ccc(O)cc21. The number of quaternary nitrogens is 1. The van der Waals surface area contributed by atoms with Gasteiger partial charge in [0, 0.05) is 17.7 Å². The number of aromatic hydroxyl groups is 1. The van der Waals surface area contributed by atoms with Gasteiger partial charge in [0.2, 0.25) is 0 Å². The normalized spacial score (nSPS) is 25.8. The highest BCUT2D eigenvalue weighted by molar-refractivity contribution is 5.74. The Labute approximate surface area is 70.3 Å². The van der Waals surface area contributed by atoms with Gasteiger partial charge in [0.25, 0.3) is 0 Å². The molecular formula is C9H9NO2. The van der Waals surface area contributed by atoms with E-state index in [9.17, 15) is 5.21 Å². The lowest BCUT2D eigenvalue weighted by Crippen LogP contribution is -2.28. The minimum atomic E-state index is -0.538. The van der Waals surface area contributed by atoms with Gasteiger partial charge in [-0.2, -0.15) is 0 Å². The van der Waals surface area contributed by atoms with Crippen LogP contribution < -0.4 is 4.65 Å². The number of hydrogen-bond donors (Lipinski definition) is 1. The third kappa shape index (κ3) is 0.913. The molecule has 12 heavy (non-hydrogen) atoms. The predicted octanol–water partition coefficient (Wildman–Crippen LogP) is 1.81. The second kappa shape index (κ2) is 2.09. The molecule has 0 spiro atoms. The van der Waals surface area contributed by atoms with Crippen LogP contribution in [-0.2, 0) is 0 Å². The first kappa shape index (κ1) is 7.34. The first-order valence-corrected chi connectivity index (χ1v) is 3.70. The summed E-state index contributed by atoms with van der Waals surface area (Å²) in [5.41, 5.74) is 1.47. The van der Waals surface area contributed by atoms with E-state index in [-0.39, 0.29) is 5.75 Å². The summed E-state index contributed by atoms with van der Waals surface area (Å²) in [7, 11) is 1.53. The summed E-state index contributed by atoms with van der Waals surface area (Å²) in [6.07, 6.45) is 3.31. The van der Waals surface area contributed by atoms with Gasteiger partial charge in [-0.05, 0) is 12.1 Å². The highest BCUT2D eigenvalue weighted by Gasteiger charge is 2.21. The van der Waals surface area contributed by atoms with E-state index in [0.717, 1.165) is 5.56 Å². The van der Waals surface area contributed by atoms with Crippen LogP contribution in [0.3, 0.4) is 0 Å². The second-order valence-corrected chi connectivity index (χ2v) is 3.05. The summed E-state index contributed by atoms with van der Waals surface area (Å²) >= 11 is 0. The monoisotopic (exact) mass is 163 g/mol. The number of fused-ring (bicyclic) bond motifs is 1. The molecule has 1 N–H and O–H groups in total. The van der Waals surface area contributed by atoms with E-state index in [4.69, 9.17) is 5.11 Å². The maximum Gasteiger partial charge on any atom is 0.148 e. The zero-order valence-corrected chi connectivity index (χ0v) is 6.69. The van der Waals surface area contributed by atoms with Gasteiger partial charge in [-0.25, -0.2) is 0 Å². The van der Waals surface area contributed by atoms with Crippen LogP contribution in [0.15, 0.2) is 24.4 Å². The van der Waals surface area contributed by atoms with Crippen LogP contribution in [-0.4, -0.2) is 12.2 Å². The van der Waals surface area contributed by atoms with Gasteiger partial charge in [-0.1, -0.05) is 0 Å². The van der Waals surface area contributed by atoms with Crippen LogP contribution in [0.1, 0.15) is 5.56 Å². The van der Waals surface area contributed by atoms with Gasteiger partial charge in [0.15, 0.2) is 0 Å². The van der Waals surface area contributed by atoms with Crippen molar-refractivity contribution in [2.75, 3.05) is 7.05 Å². The number of phenolic OH excluding ortho intramolecular Hbond substituents is 1. The molecule has 1 aliphatic rings. The largest absolute Gasteiger partial charge is 0.622 e. The van der Waals surface area contributed by atoms with Gasteiger partial charge >= 0.3 is 0 Å². The van der Waals surface area contributed by atoms with E-state index in [1.807, 2.05) is 0 Å². The molecule has 0 aromatic heterocycles. The van der Waals surface area contributed by atoms with Gasteiger partial charge in [-0.15, -0.1) is 0 Å². The molecular weight excluding hydrogens is 154 g/mol. The third-order valence-electron chi connectivity index (χ3n) is 2.03. The fourth-order valence-electron chi connectivity index (χ4n) is 1.36. The van der Waals surface area contributed by atoms with E-state index >= 15 is 0 Å². The summed E-state index contributed by atoms with van der Waals surface area (Å²) in [6, 6.07) is 4.82. The fraction of sp³-hybridized carbons (Fsp3) is 0.111. The molecule has 2 rings (SSSR count). The number of hydroxylamine groups is 2. The Kier molecular flexibility index (Phi) is 1.28. The van der Waals surface area contributed by atoms with Crippen LogP contribution >= 0.6 is 0 Å². The zero-order valence-electron chi connectivity index (χ0n) is 6.69. The number of nitrogens with zero attached hydrogens (tertiary/aromatic N) is 1. The topological polar surface area (TPSA) is 43.3 Å². The van der Waals surface area contributed by atoms with Gasteiger partial charge < -0.3 is 15.0 Å². The molecule has 1 atom stereocenters. The Morgan fingerprint density at radius 1 is 1.42 bits per heavy atom. The first-order chi connectivity index (χ1) is 5.59. The average Bonchev–Trinajstić information content (AvgIpc) is 2.28. The Morgan fingerprint density at radius 2 is 2.17 bits per heavy atom. The van der Waals surface area contributed by atoms with Crippen LogP contribution in [0.5, 0.6) is 5.75 Å². The van der Waals surface area contributed by atoms with Gasteiger partial charge in [-0.3, -0.25) is 0 Å². The Balaban J connectivity index is 2.63. The fourth-order valence-corrected chi connectivity index (χ4v) is 1.36. The smallest absolute Gasteiger partial charge is 0.148 e. The summed E-state index contributed by atoms with van der Waals surface area (Å²) in [5, 5.41) is 20.8. The molecule has 1 unspecified atom stereocenters. The van der Waals surface area contributed by atoms with Crippen molar-refractivity contribution < 1.29 is 5.11 Å². The highest BCUT2D eigenvalue weighted by Crippen LogP contribution is 2.35. The van der Waals surface area contributed by atoms with Gasteiger partial charge in [0.1, 0.15) is 17.6 Å².